The number of rotatable bonds is 10. The van der Waals surface area contributed by atoms with Crippen LogP contribution in [0, 0.1) is 0 Å². The van der Waals surface area contributed by atoms with E-state index in [0.29, 0.717) is 13.0 Å². The molecule has 0 radical (unpaired) electrons. The molecule has 0 aliphatic rings. The summed E-state index contributed by atoms with van der Waals surface area (Å²) < 4.78 is 1.12. The Kier molecular flexibility index (Phi) is 8.28. The molecule has 1 aromatic rings. The van der Waals surface area contributed by atoms with Gasteiger partial charge in [-0.2, -0.15) is 0 Å². The predicted molar refractivity (Wildman–Crippen MR) is 97.3 cm³/mol. The number of carbonyl (C=O) groups excluding carboxylic acids is 1. The highest BCUT2D eigenvalue weighted by Crippen LogP contribution is 2.15. The third kappa shape index (κ3) is 6.71. The molecule has 0 saturated carbocycles. The number of benzene rings is 1. The predicted octanol–water partition coefficient (Wildman–Crippen LogP) is 2.28. The zero-order chi connectivity index (χ0) is 17.3. The molecule has 0 spiro atoms. The summed E-state index contributed by atoms with van der Waals surface area (Å²) in [5.74, 6) is 0.0976. The largest absolute Gasteiger partial charge is 0.355 e. The molecule has 23 heavy (non-hydrogen) atoms. The van der Waals surface area contributed by atoms with Gasteiger partial charge in [0.05, 0.1) is 26.1 Å². The molecule has 1 rings (SSSR count). The van der Waals surface area contributed by atoms with Crippen molar-refractivity contribution in [1.82, 2.24) is 10.2 Å². The van der Waals surface area contributed by atoms with Crippen LogP contribution in [0.3, 0.4) is 0 Å². The molecule has 1 amide bonds. The quantitative estimate of drug-likeness (QED) is 0.671. The molecule has 0 aromatic heterocycles. The maximum absolute atomic E-state index is 11.9. The molecule has 0 atom stereocenters. The van der Waals surface area contributed by atoms with Crippen LogP contribution in [0.2, 0.25) is 0 Å². The Morgan fingerprint density at radius 3 is 2.00 bits per heavy atom. The summed E-state index contributed by atoms with van der Waals surface area (Å²) in [6.45, 7) is 12.9. The summed E-state index contributed by atoms with van der Waals surface area (Å²) in [4.78, 5) is 14.0. The maximum Gasteiger partial charge on any atom is 0.224 e. The molecule has 0 aliphatic carbocycles. The van der Waals surface area contributed by atoms with E-state index < -0.39 is 0 Å². The fourth-order valence-corrected chi connectivity index (χ4v) is 2.82. The monoisotopic (exact) mass is 320 g/mol. The molecule has 0 fully saturated rings. The number of hydrogen-bond acceptors (Lipinski definition) is 2. The second-order valence-electron chi connectivity index (χ2n) is 6.59. The first-order chi connectivity index (χ1) is 10.9. The Labute approximate surface area is 142 Å². The number of amides is 1. The number of hydrogen-bond donors (Lipinski definition) is 1. The molecule has 0 saturated heterocycles. The average Bonchev–Trinajstić information content (AvgIpc) is 2.54. The van der Waals surface area contributed by atoms with Crippen LogP contribution in [0.25, 0.3) is 0 Å². The van der Waals surface area contributed by atoms with Crippen LogP contribution in [-0.2, 0) is 17.8 Å². The normalized spacial score (nSPS) is 11.7. The van der Waals surface area contributed by atoms with Gasteiger partial charge in [-0.15, -0.1) is 0 Å². The van der Waals surface area contributed by atoms with Gasteiger partial charge in [0, 0.05) is 18.7 Å². The van der Waals surface area contributed by atoms with Crippen molar-refractivity contribution in [3.63, 3.8) is 0 Å². The van der Waals surface area contributed by atoms with E-state index in [4.69, 9.17) is 0 Å². The topological polar surface area (TPSA) is 32.3 Å². The molecule has 1 N–H and O–H groups in total. The Balaban J connectivity index is 2.54. The van der Waals surface area contributed by atoms with Crippen LogP contribution in [0.5, 0.6) is 0 Å². The number of nitrogens with zero attached hydrogens (tertiary/aromatic N) is 2. The van der Waals surface area contributed by atoms with Crippen LogP contribution < -0.4 is 5.32 Å². The second kappa shape index (κ2) is 9.68. The van der Waals surface area contributed by atoms with Gasteiger partial charge in [-0.1, -0.05) is 24.3 Å². The van der Waals surface area contributed by atoms with Crippen molar-refractivity contribution in [3.8, 4) is 0 Å². The van der Waals surface area contributed by atoms with E-state index in [1.807, 2.05) is 14.1 Å². The minimum Gasteiger partial charge on any atom is -0.355 e. The van der Waals surface area contributed by atoms with Crippen LogP contribution in [-0.4, -0.2) is 62.1 Å². The van der Waals surface area contributed by atoms with E-state index in [1.54, 1.807) is 0 Å². The molecule has 0 bridgehead atoms. The van der Waals surface area contributed by atoms with Crippen molar-refractivity contribution in [1.29, 1.82) is 0 Å². The van der Waals surface area contributed by atoms with Gasteiger partial charge >= 0.3 is 0 Å². The molecule has 1 aromatic carbocycles. The highest BCUT2D eigenvalue weighted by Gasteiger charge is 2.20. The average molecular weight is 321 g/mol. The Bertz CT molecular complexity index is 456. The first kappa shape index (κ1) is 19.7. The van der Waals surface area contributed by atoms with Crippen molar-refractivity contribution < 1.29 is 9.28 Å². The smallest absolute Gasteiger partial charge is 0.224 e. The van der Waals surface area contributed by atoms with Crippen LogP contribution >= 0.6 is 0 Å². The summed E-state index contributed by atoms with van der Waals surface area (Å²) in [5.41, 5.74) is 2.44. The number of quaternary nitrogens is 1. The summed E-state index contributed by atoms with van der Waals surface area (Å²) in [5, 5.41) is 2.96. The Morgan fingerprint density at radius 1 is 1.00 bits per heavy atom. The first-order valence-electron chi connectivity index (χ1n) is 8.79. The van der Waals surface area contributed by atoms with Gasteiger partial charge < -0.3 is 14.7 Å². The number of nitrogens with one attached hydrogen (secondary N) is 1. The second-order valence-corrected chi connectivity index (χ2v) is 6.59. The van der Waals surface area contributed by atoms with Gasteiger partial charge in [0.2, 0.25) is 5.91 Å². The third-order valence-corrected chi connectivity index (χ3v) is 4.80. The lowest BCUT2D eigenvalue weighted by Gasteiger charge is -2.35. The summed E-state index contributed by atoms with van der Waals surface area (Å²) >= 11 is 0. The summed E-state index contributed by atoms with van der Waals surface area (Å²) in [7, 11) is 4.01. The van der Waals surface area contributed by atoms with Crippen LogP contribution in [0.4, 0.5) is 0 Å². The van der Waals surface area contributed by atoms with Crippen molar-refractivity contribution in [2.24, 2.45) is 0 Å². The molecular formula is C19H34N3O+. The molecule has 4 heteroatoms. The molecule has 4 nitrogen and oxygen atoms in total. The fraction of sp³-hybridized carbons (Fsp3) is 0.632. The van der Waals surface area contributed by atoms with Gasteiger partial charge in [0.1, 0.15) is 6.54 Å². The van der Waals surface area contributed by atoms with Crippen LogP contribution in [0.15, 0.2) is 24.3 Å². The Morgan fingerprint density at radius 2 is 1.52 bits per heavy atom. The van der Waals surface area contributed by atoms with Gasteiger partial charge in [0.15, 0.2) is 0 Å². The minimum atomic E-state index is 0.0976. The third-order valence-electron chi connectivity index (χ3n) is 4.80. The number of carbonyl (C=O) groups is 1. The standard InChI is InChI=1S/C19H33N3O/c1-6-22(7-2,8-3)16-18-11-9-17(10-12-18)15-19(23)20-13-14-21(4)5/h9-12H,6-8,13-16H2,1-5H3/p+1. The molecule has 0 unspecified atom stereocenters. The molecule has 130 valence electrons. The zero-order valence-electron chi connectivity index (χ0n) is 15.6. The SMILES string of the molecule is CC[N+](CC)(CC)Cc1ccc(CC(=O)NCCN(C)C)cc1. The van der Waals surface area contributed by atoms with E-state index in [0.717, 1.165) is 42.8 Å². The van der Waals surface area contributed by atoms with Gasteiger partial charge in [-0.05, 0) is 40.4 Å². The molecule has 0 heterocycles. The van der Waals surface area contributed by atoms with Gasteiger partial charge in [-0.3, -0.25) is 4.79 Å². The Hall–Kier alpha value is -1.39. The van der Waals surface area contributed by atoms with Crippen LogP contribution in [0.1, 0.15) is 31.9 Å². The van der Waals surface area contributed by atoms with Gasteiger partial charge in [-0.25, -0.2) is 0 Å². The van der Waals surface area contributed by atoms with E-state index >= 15 is 0 Å². The van der Waals surface area contributed by atoms with E-state index in [9.17, 15) is 4.79 Å². The lowest BCUT2D eigenvalue weighted by molar-refractivity contribution is -0.936. The number of likely N-dealkylation sites (N-methyl/N-ethyl adjacent to an activating group) is 1. The highest BCUT2D eigenvalue weighted by atomic mass is 16.1. The lowest BCUT2D eigenvalue weighted by Crippen LogP contribution is -2.46. The molecule has 0 aliphatic heterocycles. The van der Waals surface area contributed by atoms with Gasteiger partial charge in [0.25, 0.3) is 0 Å². The fourth-order valence-electron chi connectivity index (χ4n) is 2.82. The van der Waals surface area contributed by atoms with Crippen molar-refractivity contribution in [2.45, 2.75) is 33.7 Å². The molecular weight excluding hydrogens is 286 g/mol. The zero-order valence-corrected chi connectivity index (χ0v) is 15.6. The van der Waals surface area contributed by atoms with E-state index in [1.165, 1.54) is 5.56 Å². The summed E-state index contributed by atoms with van der Waals surface area (Å²) in [6.07, 6.45) is 0.461. The van der Waals surface area contributed by atoms with Crippen molar-refractivity contribution in [3.05, 3.63) is 35.4 Å². The minimum absolute atomic E-state index is 0.0976. The lowest BCUT2D eigenvalue weighted by atomic mass is 10.1. The highest BCUT2D eigenvalue weighted by molar-refractivity contribution is 5.78. The van der Waals surface area contributed by atoms with Crippen molar-refractivity contribution in [2.75, 3.05) is 46.8 Å². The van der Waals surface area contributed by atoms with Crippen molar-refractivity contribution >= 4 is 5.91 Å². The first-order valence-corrected chi connectivity index (χ1v) is 8.79. The van der Waals surface area contributed by atoms with E-state index in [2.05, 4.69) is 55.3 Å². The maximum atomic E-state index is 11.9. The summed E-state index contributed by atoms with van der Waals surface area (Å²) in [6, 6.07) is 8.54. The van der Waals surface area contributed by atoms with E-state index in [-0.39, 0.29) is 5.91 Å².